The second-order valence-corrected chi connectivity index (χ2v) is 4.23. The van der Waals surface area contributed by atoms with Gasteiger partial charge in [-0.3, -0.25) is 0 Å². The topological polar surface area (TPSA) is 52.3 Å². The van der Waals surface area contributed by atoms with Crippen LogP contribution in [0.2, 0.25) is 0 Å². The maximum atomic E-state index is 10.6. The molecule has 92 valence electrons. The van der Waals surface area contributed by atoms with Crippen LogP contribution in [0.15, 0.2) is 48.5 Å². The number of hydrogen-bond acceptors (Lipinski definition) is 2. The number of hydrogen-bond donors (Lipinski definition) is 1. The van der Waals surface area contributed by atoms with Gasteiger partial charge in [-0.15, -0.1) is 0 Å². The van der Waals surface area contributed by atoms with Gasteiger partial charge in [0.25, 0.3) is 0 Å². The second kappa shape index (κ2) is 5.36. The summed E-state index contributed by atoms with van der Waals surface area (Å²) in [5.74, 6) is 0.468. The molecule has 0 aliphatic carbocycles. The van der Waals surface area contributed by atoms with E-state index in [0.29, 0.717) is 5.75 Å². The first kappa shape index (κ1) is 12.2. The summed E-state index contributed by atoms with van der Waals surface area (Å²) in [6, 6.07) is 15.8. The Morgan fingerprint density at radius 1 is 1.00 bits per heavy atom. The third kappa shape index (κ3) is 3.35. The van der Waals surface area contributed by atoms with Gasteiger partial charge in [-0.2, -0.15) is 0 Å². The molecule has 3 heteroatoms. The lowest BCUT2D eigenvalue weighted by molar-refractivity contribution is 0.211. The van der Waals surface area contributed by atoms with Gasteiger partial charge in [0.1, 0.15) is 5.75 Å². The zero-order valence-electron chi connectivity index (χ0n) is 10.2. The molecule has 2 rings (SSSR count). The van der Waals surface area contributed by atoms with Crippen molar-refractivity contribution in [1.82, 2.24) is 0 Å². The predicted molar refractivity (Wildman–Crippen MR) is 70.6 cm³/mol. The number of nitrogens with two attached hydrogens (primary N) is 1. The van der Waals surface area contributed by atoms with Gasteiger partial charge in [-0.05, 0) is 36.6 Å². The van der Waals surface area contributed by atoms with Gasteiger partial charge in [0.05, 0.1) is 0 Å². The summed E-state index contributed by atoms with van der Waals surface area (Å²) in [7, 11) is 0. The molecule has 0 atom stereocenters. The first-order valence-electron chi connectivity index (χ1n) is 5.75. The fraction of sp³-hybridized carbons (Fsp3) is 0.133. The number of carbonyl (C=O) groups is 1. The lowest BCUT2D eigenvalue weighted by Gasteiger charge is -2.04. The fourth-order valence-electron chi connectivity index (χ4n) is 1.73. The highest BCUT2D eigenvalue weighted by Gasteiger charge is 2.00. The Kier molecular flexibility index (Phi) is 3.63. The normalized spacial score (nSPS) is 10.1. The number of benzene rings is 2. The van der Waals surface area contributed by atoms with E-state index in [0.717, 1.165) is 12.0 Å². The summed E-state index contributed by atoms with van der Waals surface area (Å²) < 4.78 is 4.77. The van der Waals surface area contributed by atoms with E-state index in [4.69, 9.17) is 10.5 Å². The lowest BCUT2D eigenvalue weighted by atomic mass is 10.0. The highest BCUT2D eigenvalue weighted by atomic mass is 16.5. The molecule has 0 spiro atoms. The molecule has 0 aromatic heterocycles. The third-order valence-electron chi connectivity index (χ3n) is 2.67. The Labute approximate surface area is 106 Å². The van der Waals surface area contributed by atoms with Crippen LogP contribution in [0.3, 0.4) is 0 Å². The molecule has 0 saturated carbocycles. The van der Waals surface area contributed by atoms with Crippen molar-refractivity contribution in [2.45, 2.75) is 13.3 Å². The van der Waals surface area contributed by atoms with Crippen molar-refractivity contribution in [1.29, 1.82) is 0 Å². The second-order valence-electron chi connectivity index (χ2n) is 4.23. The zero-order chi connectivity index (χ0) is 13.0. The van der Waals surface area contributed by atoms with Crippen molar-refractivity contribution in [3.63, 3.8) is 0 Å². The fourth-order valence-corrected chi connectivity index (χ4v) is 1.73. The summed E-state index contributed by atoms with van der Waals surface area (Å²) in [6.07, 6.45) is 0.0678. The molecule has 2 aromatic carbocycles. The van der Waals surface area contributed by atoms with Gasteiger partial charge in [-0.1, -0.05) is 42.0 Å². The van der Waals surface area contributed by atoms with Crippen molar-refractivity contribution in [2.75, 3.05) is 0 Å². The monoisotopic (exact) mass is 241 g/mol. The maximum Gasteiger partial charge on any atom is 0.409 e. The van der Waals surface area contributed by atoms with Crippen molar-refractivity contribution in [3.8, 4) is 5.75 Å². The molecule has 1 amide bonds. The van der Waals surface area contributed by atoms with Gasteiger partial charge in [0.15, 0.2) is 0 Å². The predicted octanol–water partition coefficient (Wildman–Crippen LogP) is 3.04. The van der Waals surface area contributed by atoms with Gasteiger partial charge < -0.3 is 10.5 Å². The molecule has 0 unspecified atom stereocenters. The summed E-state index contributed by atoms with van der Waals surface area (Å²) in [4.78, 5) is 10.6. The van der Waals surface area contributed by atoms with Crippen LogP contribution in [-0.4, -0.2) is 6.09 Å². The van der Waals surface area contributed by atoms with Crippen LogP contribution in [0.4, 0.5) is 4.79 Å². The Bertz CT molecular complexity index is 529. The van der Waals surface area contributed by atoms with E-state index in [1.165, 1.54) is 11.1 Å². The van der Waals surface area contributed by atoms with Crippen LogP contribution < -0.4 is 10.5 Å². The Morgan fingerprint density at radius 3 is 2.00 bits per heavy atom. The summed E-state index contributed by atoms with van der Waals surface area (Å²) in [5.41, 5.74) is 8.61. The lowest BCUT2D eigenvalue weighted by Crippen LogP contribution is -2.16. The quantitative estimate of drug-likeness (QED) is 0.897. The Hall–Kier alpha value is -2.29. The Morgan fingerprint density at radius 2 is 1.50 bits per heavy atom. The number of rotatable bonds is 3. The first-order chi connectivity index (χ1) is 8.63. The zero-order valence-corrected chi connectivity index (χ0v) is 10.2. The molecule has 0 aliphatic heterocycles. The number of primary amides is 1. The molecule has 2 aromatic rings. The molecular weight excluding hydrogens is 226 g/mol. The van der Waals surface area contributed by atoms with E-state index in [1.54, 1.807) is 12.1 Å². The van der Waals surface area contributed by atoms with E-state index in [2.05, 4.69) is 31.2 Å². The van der Waals surface area contributed by atoms with E-state index in [1.807, 2.05) is 12.1 Å². The van der Waals surface area contributed by atoms with Crippen LogP contribution in [0.5, 0.6) is 5.75 Å². The molecular formula is C15H15NO2. The largest absolute Gasteiger partial charge is 0.411 e. The van der Waals surface area contributed by atoms with Crippen LogP contribution in [0, 0.1) is 6.92 Å². The van der Waals surface area contributed by atoms with E-state index < -0.39 is 6.09 Å². The van der Waals surface area contributed by atoms with Crippen LogP contribution in [0.1, 0.15) is 16.7 Å². The number of aryl methyl sites for hydroxylation is 1. The smallest absolute Gasteiger partial charge is 0.409 e. The summed E-state index contributed by atoms with van der Waals surface area (Å²) in [5, 5.41) is 0. The molecule has 0 radical (unpaired) electrons. The molecule has 0 bridgehead atoms. The van der Waals surface area contributed by atoms with E-state index >= 15 is 0 Å². The molecule has 3 nitrogen and oxygen atoms in total. The first-order valence-corrected chi connectivity index (χ1v) is 5.75. The minimum absolute atomic E-state index is 0.468. The van der Waals surface area contributed by atoms with Crippen LogP contribution >= 0.6 is 0 Å². The number of carbonyl (C=O) groups excluding carboxylic acids is 1. The van der Waals surface area contributed by atoms with Gasteiger partial charge in [0, 0.05) is 0 Å². The average Bonchev–Trinajstić information content (AvgIpc) is 2.34. The average molecular weight is 241 g/mol. The molecule has 2 N–H and O–H groups in total. The molecule has 0 fully saturated rings. The minimum Gasteiger partial charge on any atom is -0.411 e. The number of amides is 1. The molecule has 0 heterocycles. The van der Waals surface area contributed by atoms with E-state index in [9.17, 15) is 4.79 Å². The maximum absolute atomic E-state index is 10.6. The molecule has 0 saturated heterocycles. The van der Waals surface area contributed by atoms with Crippen molar-refractivity contribution < 1.29 is 9.53 Å². The molecule has 18 heavy (non-hydrogen) atoms. The standard InChI is InChI=1S/C15H15NO2/c1-11-2-4-12(5-3-11)10-13-6-8-14(9-7-13)18-15(16)17/h2-9H,10H2,1H3,(H2,16,17). The van der Waals surface area contributed by atoms with Gasteiger partial charge in [-0.25, -0.2) is 4.79 Å². The van der Waals surface area contributed by atoms with Crippen molar-refractivity contribution >= 4 is 6.09 Å². The highest BCUT2D eigenvalue weighted by molar-refractivity contribution is 5.68. The molecule has 0 aliphatic rings. The van der Waals surface area contributed by atoms with Crippen molar-refractivity contribution in [2.24, 2.45) is 5.73 Å². The minimum atomic E-state index is -0.790. The highest BCUT2D eigenvalue weighted by Crippen LogP contribution is 2.15. The van der Waals surface area contributed by atoms with Crippen LogP contribution in [-0.2, 0) is 6.42 Å². The van der Waals surface area contributed by atoms with Crippen LogP contribution in [0.25, 0.3) is 0 Å². The summed E-state index contributed by atoms with van der Waals surface area (Å²) >= 11 is 0. The Balaban J connectivity index is 2.06. The van der Waals surface area contributed by atoms with Gasteiger partial charge >= 0.3 is 6.09 Å². The SMILES string of the molecule is Cc1ccc(Cc2ccc(OC(N)=O)cc2)cc1. The summed E-state index contributed by atoms with van der Waals surface area (Å²) in [6.45, 7) is 2.07. The van der Waals surface area contributed by atoms with Crippen molar-refractivity contribution in [3.05, 3.63) is 65.2 Å². The third-order valence-corrected chi connectivity index (χ3v) is 2.67. The van der Waals surface area contributed by atoms with E-state index in [-0.39, 0.29) is 0 Å². The van der Waals surface area contributed by atoms with Gasteiger partial charge in [0.2, 0.25) is 0 Å². The number of ether oxygens (including phenoxy) is 1.